The van der Waals surface area contributed by atoms with Gasteiger partial charge in [-0.15, -0.1) is 5.10 Å². The van der Waals surface area contributed by atoms with Crippen LogP contribution in [0.1, 0.15) is 35.7 Å². The number of aromatic nitrogens is 7. The lowest BCUT2D eigenvalue weighted by Crippen LogP contribution is -2.20. The van der Waals surface area contributed by atoms with Gasteiger partial charge in [0.1, 0.15) is 12.3 Å². The Morgan fingerprint density at radius 2 is 2.03 bits per heavy atom. The van der Waals surface area contributed by atoms with Gasteiger partial charge in [-0.2, -0.15) is 10.1 Å². The van der Waals surface area contributed by atoms with Crippen LogP contribution in [0.25, 0.3) is 16.7 Å². The average molecular weight is 455 g/mol. The molecular weight excluding hydrogens is 435 g/mol. The number of anilines is 2. The minimum Gasteiger partial charge on any atom is -0.472 e. The molecule has 1 aliphatic carbocycles. The number of nitrogens with one attached hydrogen (secondary N) is 1. The lowest BCUT2D eigenvalue weighted by molar-refractivity contribution is 0.171. The van der Waals surface area contributed by atoms with Gasteiger partial charge < -0.3 is 10.1 Å². The monoisotopic (exact) mass is 454 g/mol. The highest BCUT2D eigenvalue weighted by atomic mass is 35.5. The maximum absolute atomic E-state index is 14.8. The summed E-state index contributed by atoms with van der Waals surface area (Å²) in [4.78, 5) is 13.5. The highest BCUT2D eigenvalue weighted by molar-refractivity contribution is 6.34. The van der Waals surface area contributed by atoms with Gasteiger partial charge in [-0.1, -0.05) is 11.6 Å². The maximum Gasteiger partial charge on any atom is 0.257 e. The van der Waals surface area contributed by atoms with E-state index < -0.39 is 6.17 Å². The number of aryl methyl sites for hydroxylation is 2. The first-order valence-electron chi connectivity index (χ1n) is 10.5. The molecule has 11 heteroatoms. The number of nitrogens with zero attached hydrogens (tertiary/aromatic N) is 7. The van der Waals surface area contributed by atoms with E-state index in [1.54, 1.807) is 6.20 Å². The molecule has 2 aliphatic rings. The molecule has 0 aromatic carbocycles. The van der Waals surface area contributed by atoms with Crippen molar-refractivity contribution < 1.29 is 9.13 Å². The topological polar surface area (TPSA) is 95.6 Å². The Balaban J connectivity index is 1.55. The first kappa shape index (κ1) is 19.4. The van der Waals surface area contributed by atoms with Crippen molar-refractivity contribution in [3.63, 3.8) is 0 Å². The van der Waals surface area contributed by atoms with Gasteiger partial charge in [-0.3, -0.25) is 4.98 Å². The van der Waals surface area contributed by atoms with Crippen LogP contribution in [0.2, 0.25) is 5.15 Å². The number of ether oxygens (including phenoxy) is 1. The second-order valence-corrected chi connectivity index (χ2v) is 8.66. The van der Waals surface area contributed by atoms with Gasteiger partial charge >= 0.3 is 0 Å². The number of halogens is 2. The molecule has 1 aliphatic heterocycles. The van der Waals surface area contributed by atoms with Gasteiger partial charge in [-0.25, -0.2) is 18.7 Å². The van der Waals surface area contributed by atoms with Gasteiger partial charge in [-0.05, 0) is 38.3 Å². The van der Waals surface area contributed by atoms with Crippen molar-refractivity contribution in [2.24, 2.45) is 0 Å². The molecule has 5 heterocycles. The Kier molecular flexibility index (Phi) is 4.32. The quantitative estimate of drug-likeness (QED) is 0.488. The van der Waals surface area contributed by atoms with Crippen molar-refractivity contribution in [3.05, 3.63) is 40.6 Å². The number of fused-ring (bicyclic) bond motifs is 2. The fourth-order valence-electron chi connectivity index (χ4n) is 4.01. The zero-order valence-corrected chi connectivity index (χ0v) is 18.3. The number of rotatable bonds is 2. The lowest BCUT2D eigenvalue weighted by Gasteiger charge is -2.11. The summed E-state index contributed by atoms with van der Waals surface area (Å²) in [6.07, 6.45) is 4.17. The first-order chi connectivity index (χ1) is 15.5. The first-order valence-corrected chi connectivity index (χ1v) is 10.8. The largest absolute Gasteiger partial charge is 0.472 e. The third kappa shape index (κ3) is 3.17. The van der Waals surface area contributed by atoms with Crippen molar-refractivity contribution in [2.45, 2.75) is 45.3 Å². The van der Waals surface area contributed by atoms with Gasteiger partial charge in [0.05, 0.1) is 29.0 Å². The van der Waals surface area contributed by atoms with Crippen molar-refractivity contribution in [1.29, 1.82) is 0 Å². The zero-order valence-electron chi connectivity index (χ0n) is 17.5. The number of hydrogen-bond donors (Lipinski definition) is 1. The van der Waals surface area contributed by atoms with Gasteiger partial charge in [0.25, 0.3) is 5.88 Å². The molecule has 4 aromatic rings. The van der Waals surface area contributed by atoms with E-state index in [-0.39, 0.29) is 18.3 Å². The molecule has 164 valence electrons. The molecule has 32 heavy (non-hydrogen) atoms. The standard InChI is InChI=1S/C21H20ClFN8O/c1-10-5-15(11(2)24-6-10)31-17(12-3-4-12)16-20(29-31)32-9-13(23)8-30-19-14(18(22)28-30)7-25-21(26-16)27-19/h5-7,12-13H,3-4,8-9H2,1-2H3,(H,25,26,27)/t13-/m0/s1. The normalized spacial score (nSPS) is 18.2. The minimum absolute atomic E-state index is 0.0356. The van der Waals surface area contributed by atoms with Crippen LogP contribution in [0, 0.1) is 13.8 Å². The van der Waals surface area contributed by atoms with E-state index in [0.717, 1.165) is 35.5 Å². The van der Waals surface area contributed by atoms with Crippen LogP contribution in [0.15, 0.2) is 18.5 Å². The molecule has 6 rings (SSSR count). The van der Waals surface area contributed by atoms with E-state index >= 15 is 0 Å². The van der Waals surface area contributed by atoms with E-state index in [4.69, 9.17) is 21.4 Å². The van der Waals surface area contributed by atoms with Gasteiger partial charge in [0.2, 0.25) is 5.95 Å². The second-order valence-electron chi connectivity index (χ2n) is 8.31. The molecule has 0 unspecified atom stereocenters. The van der Waals surface area contributed by atoms with Crippen LogP contribution >= 0.6 is 11.6 Å². The molecule has 0 amide bonds. The van der Waals surface area contributed by atoms with E-state index in [2.05, 4.69) is 25.4 Å². The van der Waals surface area contributed by atoms with Crippen LogP contribution in [0.4, 0.5) is 16.0 Å². The van der Waals surface area contributed by atoms with E-state index in [0.29, 0.717) is 34.5 Å². The molecule has 2 bridgehead atoms. The summed E-state index contributed by atoms with van der Waals surface area (Å²) in [7, 11) is 0. The fraction of sp³-hybridized carbons (Fsp3) is 0.381. The van der Waals surface area contributed by atoms with E-state index in [1.165, 1.54) is 4.68 Å². The predicted molar refractivity (Wildman–Crippen MR) is 117 cm³/mol. The van der Waals surface area contributed by atoms with Crippen molar-refractivity contribution in [1.82, 2.24) is 34.5 Å². The van der Waals surface area contributed by atoms with Gasteiger partial charge in [0.15, 0.2) is 17.0 Å². The molecule has 9 nitrogen and oxygen atoms in total. The molecule has 0 spiro atoms. The smallest absolute Gasteiger partial charge is 0.257 e. The highest BCUT2D eigenvalue weighted by Crippen LogP contribution is 2.48. The number of alkyl halides is 1. The summed E-state index contributed by atoms with van der Waals surface area (Å²) >= 11 is 6.20. The molecule has 1 N–H and O–H groups in total. The van der Waals surface area contributed by atoms with Crippen LogP contribution in [-0.2, 0) is 6.54 Å². The average Bonchev–Trinajstić information content (AvgIpc) is 3.48. The third-order valence-corrected chi connectivity index (χ3v) is 6.01. The maximum atomic E-state index is 14.8. The molecule has 1 atom stereocenters. The molecule has 1 saturated carbocycles. The summed E-state index contributed by atoms with van der Waals surface area (Å²) in [5.74, 6) is 0.965. The fourth-order valence-corrected chi connectivity index (χ4v) is 4.24. The predicted octanol–water partition coefficient (Wildman–Crippen LogP) is 4.03. The van der Waals surface area contributed by atoms with Crippen LogP contribution in [0.5, 0.6) is 5.88 Å². The molecule has 1 fully saturated rings. The summed E-state index contributed by atoms with van der Waals surface area (Å²) in [6.45, 7) is 3.72. The second kappa shape index (κ2) is 7.13. The highest BCUT2D eigenvalue weighted by Gasteiger charge is 2.35. The molecule has 0 saturated heterocycles. The van der Waals surface area contributed by atoms with E-state index in [9.17, 15) is 4.39 Å². The zero-order chi connectivity index (χ0) is 22.0. The number of pyridine rings is 1. The summed E-state index contributed by atoms with van der Waals surface area (Å²) in [5, 5.41) is 13.0. The SMILES string of the molecule is Cc1cnc(C)c(-n2nc3c(c2C2CC2)Nc2ncc4c(Cl)nn(c4n2)C[C@H](F)CO3)c1. The van der Waals surface area contributed by atoms with Crippen LogP contribution in [0.3, 0.4) is 0 Å². The molecule has 4 aromatic heterocycles. The molecule has 0 radical (unpaired) electrons. The van der Waals surface area contributed by atoms with Crippen LogP contribution < -0.4 is 10.1 Å². The van der Waals surface area contributed by atoms with Gasteiger partial charge in [0, 0.05) is 18.3 Å². The lowest BCUT2D eigenvalue weighted by atomic mass is 10.2. The Hall–Kier alpha value is -3.27. The van der Waals surface area contributed by atoms with Crippen molar-refractivity contribution in [3.8, 4) is 11.6 Å². The minimum atomic E-state index is -1.32. The Morgan fingerprint density at radius 3 is 2.84 bits per heavy atom. The summed E-state index contributed by atoms with van der Waals surface area (Å²) in [6, 6.07) is 2.04. The van der Waals surface area contributed by atoms with Crippen molar-refractivity contribution >= 4 is 34.3 Å². The summed E-state index contributed by atoms with van der Waals surface area (Å²) in [5.41, 5.74) is 4.82. The Labute approximate surface area is 187 Å². The Morgan fingerprint density at radius 1 is 1.19 bits per heavy atom. The Bertz CT molecular complexity index is 1360. The molecular formula is C21H20ClFN8O. The van der Waals surface area contributed by atoms with Crippen LogP contribution in [-0.4, -0.2) is 47.3 Å². The van der Waals surface area contributed by atoms with Crippen molar-refractivity contribution in [2.75, 3.05) is 11.9 Å². The number of hydrogen-bond acceptors (Lipinski definition) is 7. The van der Waals surface area contributed by atoms with E-state index in [1.807, 2.05) is 30.8 Å². The summed E-state index contributed by atoms with van der Waals surface area (Å²) < 4.78 is 24.0. The third-order valence-electron chi connectivity index (χ3n) is 5.73.